The van der Waals surface area contributed by atoms with Crippen molar-refractivity contribution in [1.29, 1.82) is 0 Å². The Labute approximate surface area is 113 Å². The van der Waals surface area contributed by atoms with Gasteiger partial charge in [0.2, 0.25) is 0 Å². The molecule has 0 N–H and O–H groups in total. The summed E-state index contributed by atoms with van der Waals surface area (Å²) < 4.78 is 0. The van der Waals surface area contributed by atoms with Gasteiger partial charge < -0.3 is 4.90 Å². The lowest BCUT2D eigenvalue weighted by Crippen LogP contribution is -2.36. The fourth-order valence-electron chi connectivity index (χ4n) is 1.48. The highest BCUT2D eigenvalue weighted by atomic mass is 32.2. The summed E-state index contributed by atoms with van der Waals surface area (Å²) in [6, 6.07) is 0.222. The van der Waals surface area contributed by atoms with Crippen molar-refractivity contribution in [3.05, 3.63) is 23.8 Å². The zero-order chi connectivity index (χ0) is 13.5. The molecule has 18 heavy (non-hydrogen) atoms. The maximum atomic E-state index is 12.1. The Hall–Kier alpha value is -1.10. The molecule has 0 spiro atoms. The quantitative estimate of drug-likeness (QED) is 0.742. The maximum absolute atomic E-state index is 12.1. The molecule has 1 aromatic rings. The molecule has 0 aromatic carbocycles. The van der Waals surface area contributed by atoms with Crippen molar-refractivity contribution in [2.24, 2.45) is 0 Å². The molecule has 0 fully saturated rings. The Morgan fingerprint density at radius 2 is 2.17 bits per heavy atom. The van der Waals surface area contributed by atoms with Crippen LogP contribution in [0.4, 0.5) is 0 Å². The van der Waals surface area contributed by atoms with E-state index in [9.17, 15) is 4.79 Å². The number of nitrogens with zero attached hydrogens (tertiary/aromatic N) is 3. The van der Waals surface area contributed by atoms with Crippen molar-refractivity contribution in [2.75, 3.05) is 18.6 Å². The van der Waals surface area contributed by atoms with Gasteiger partial charge in [0.25, 0.3) is 5.91 Å². The van der Waals surface area contributed by atoms with E-state index in [1.807, 2.05) is 25.7 Å². The predicted molar refractivity (Wildman–Crippen MR) is 75.9 cm³/mol. The van der Waals surface area contributed by atoms with E-state index >= 15 is 0 Å². The number of amides is 1. The van der Waals surface area contributed by atoms with Crippen LogP contribution in [0.5, 0.6) is 0 Å². The number of thioether (sulfide) groups is 1. The van der Waals surface area contributed by atoms with Crippen LogP contribution in [-0.4, -0.2) is 45.4 Å². The standard InChI is InChI=1S/C13H21N3OS/c1-5-18-7-6-11(3)16(4)13(17)12-9-14-10(2)8-15-12/h8-9,11H,5-7H2,1-4H3/t11-/m0/s1. The Morgan fingerprint density at radius 1 is 1.44 bits per heavy atom. The minimum absolute atomic E-state index is 0.0588. The van der Waals surface area contributed by atoms with Gasteiger partial charge in [0, 0.05) is 19.3 Å². The number of rotatable bonds is 6. The molecule has 0 aliphatic heterocycles. The van der Waals surface area contributed by atoms with Crippen LogP contribution in [0.1, 0.15) is 36.5 Å². The van der Waals surface area contributed by atoms with E-state index in [-0.39, 0.29) is 11.9 Å². The van der Waals surface area contributed by atoms with Gasteiger partial charge in [-0.05, 0) is 31.8 Å². The van der Waals surface area contributed by atoms with Gasteiger partial charge in [-0.25, -0.2) is 4.98 Å². The number of hydrogen-bond donors (Lipinski definition) is 0. The third kappa shape index (κ3) is 4.29. The van der Waals surface area contributed by atoms with Gasteiger partial charge in [-0.3, -0.25) is 9.78 Å². The minimum Gasteiger partial charge on any atom is -0.338 e. The molecule has 1 aromatic heterocycles. The van der Waals surface area contributed by atoms with Gasteiger partial charge >= 0.3 is 0 Å². The lowest BCUT2D eigenvalue weighted by Gasteiger charge is -2.24. The molecular weight excluding hydrogens is 246 g/mol. The summed E-state index contributed by atoms with van der Waals surface area (Å²) in [4.78, 5) is 22.1. The highest BCUT2D eigenvalue weighted by Crippen LogP contribution is 2.10. The van der Waals surface area contributed by atoms with Crippen LogP contribution in [0, 0.1) is 6.92 Å². The zero-order valence-corrected chi connectivity index (χ0v) is 12.3. The van der Waals surface area contributed by atoms with E-state index in [4.69, 9.17) is 0 Å². The number of carbonyl (C=O) groups excluding carboxylic acids is 1. The van der Waals surface area contributed by atoms with Crippen LogP contribution in [0.15, 0.2) is 12.4 Å². The molecule has 1 amide bonds. The van der Waals surface area contributed by atoms with Crippen molar-refractivity contribution in [1.82, 2.24) is 14.9 Å². The van der Waals surface area contributed by atoms with Crippen LogP contribution in [0.25, 0.3) is 0 Å². The first-order valence-corrected chi connectivity index (χ1v) is 7.35. The van der Waals surface area contributed by atoms with Crippen molar-refractivity contribution >= 4 is 17.7 Å². The highest BCUT2D eigenvalue weighted by Gasteiger charge is 2.18. The monoisotopic (exact) mass is 267 g/mol. The summed E-state index contributed by atoms with van der Waals surface area (Å²) in [5.74, 6) is 2.14. The lowest BCUT2D eigenvalue weighted by molar-refractivity contribution is 0.0735. The Morgan fingerprint density at radius 3 is 2.72 bits per heavy atom. The van der Waals surface area contributed by atoms with Crippen LogP contribution >= 0.6 is 11.8 Å². The molecule has 0 unspecified atom stereocenters. The summed E-state index contributed by atoms with van der Waals surface area (Å²) >= 11 is 1.90. The second-order valence-corrected chi connectivity index (χ2v) is 5.69. The molecule has 5 heteroatoms. The molecule has 0 radical (unpaired) electrons. The smallest absolute Gasteiger partial charge is 0.274 e. The average molecular weight is 267 g/mol. The summed E-state index contributed by atoms with van der Waals surface area (Å²) in [6.45, 7) is 6.07. The van der Waals surface area contributed by atoms with Crippen LogP contribution in [0.3, 0.4) is 0 Å². The van der Waals surface area contributed by atoms with Crippen LogP contribution in [0.2, 0.25) is 0 Å². The molecular formula is C13H21N3OS. The molecule has 0 saturated carbocycles. The third-order valence-corrected chi connectivity index (χ3v) is 3.80. The molecule has 0 bridgehead atoms. The predicted octanol–water partition coefficient (Wildman–Crippen LogP) is 2.39. The summed E-state index contributed by atoms with van der Waals surface area (Å²) in [6.07, 6.45) is 4.17. The van der Waals surface area contributed by atoms with Crippen molar-refractivity contribution in [2.45, 2.75) is 33.2 Å². The molecule has 1 rings (SSSR count). The maximum Gasteiger partial charge on any atom is 0.274 e. The Balaban J connectivity index is 2.57. The van der Waals surface area contributed by atoms with E-state index < -0.39 is 0 Å². The number of aryl methyl sites for hydroxylation is 1. The summed E-state index contributed by atoms with van der Waals surface area (Å²) in [5.41, 5.74) is 1.24. The van der Waals surface area contributed by atoms with E-state index in [0.717, 1.165) is 23.6 Å². The van der Waals surface area contributed by atoms with Gasteiger partial charge in [0.15, 0.2) is 0 Å². The van der Waals surface area contributed by atoms with Gasteiger partial charge in [-0.1, -0.05) is 6.92 Å². The molecule has 0 aliphatic carbocycles. The van der Waals surface area contributed by atoms with E-state index in [1.54, 1.807) is 17.3 Å². The van der Waals surface area contributed by atoms with Gasteiger partial charge in [-0.2, -0.15) is 11.8 Å². The third-order valence-electron chi connectivity index (χ3n) is 2.87. The topological polar surface area (TPSA) is 46.1 Å². The Kier molecular flexibility index (Phi) is 6.12. The molecule has 0 aliphatic rings. The highest BCUT2D eigenvalue weighted by molar-refractivity contribution is 7.99. The zero-order valence-electron chi connectivity index (χ0n) is 11.5. The average Bonchev–Trinajstić information content (AvgIpc) is 2.38. The fourth-order valence-corrected chi connectivity index (χ4v) is 2.27. The molecule has 1 atom stereocenters. The van der Waals surface area contributed by atoms with E-state index in [0.29, 0.717) is 5.69 Å². The van der Waals surface area contributed by atoms with Gasteiger partial charge in [0.1, 0.15) is 5.69 Å². The number of aromatic nitrogens is 2. The SMILES string of the molecule is CCSCC[C@H](C)N(C)C(=O)c1cnc(C)cn1. The molecule has 1 heterocycles. The Bertz CT molecular complexity index is 380. The van der Waals surface area contributed by atoms with Crippen molar-refractivity contribution in [3.63, 3.8) is 0 Å². The molecule has 4 nitrogen and oxygen atoms in total. The summed E-state index contributed by atoms with van der Waals surface area (Å²) in [7, 11) is 1.82. The number of hydrogen-bond acceptors (Lipinski definition) is 4. The fraction of sp³-hybridized carbons (Fsp3) is 0.615. The second-order valence-electron chi connectivity index (χ2n) is 4.29. The first-order chi connectivity index (χ1) is 8.56. The molecule has 100 valence electrons. The van der Waals surface area contributed by atoms with Crippen LogP contribution in [-0.2, 0) is 0 Å². The van der Waals surface area contributed by atoms with Crippen molar-refractivity contribution < 1.29 is 4.79 Å². The number of carbonyl (C=O) groups is 1. The van der Waals surface area contributed by atoms with E-state index in [1.165, 1.54) is 0 Å². The molecule has 0 saturated heterocycles. The van der Waals surface area contributed by atoms with Gasteiger partial charge in [0.05, 0.1) is 11.9 Å². The van der Waals surface area contributed by atoms with Crippen molar-refractivity contribution in [3.8, 4) is 0 Å². The largest absolute Gasteiger partial charge is 0.338 e. The normalized spacial score (nSPS) is 12.2. The second kappa shape index (κ2) is 7.36. The first-order valence-electron chi connectivity index (χ1n) is 6.19. The first kappa shape index (κ1) is 15.0. The summed E-state index contributed by atoms with van der Waals surface area (Å²) in [5, 5.41) is 0. The minimum atomic E-state index is -0.0588. The lowest BCUT2D eigenvalue weighted by atomic mass is 10.2. The van der Waals surface area contributed by atoms with Gasteiger partial charge in [-0.15, -0.1) is 0 Å². The van der Waals surface area contributed by atoms with E-state index in [2.05, 4.69) is 23.8 Å². The van der Waals surface area contributed by atoms with Crippen LogP contribution < -0.4 is 0 Å².